The van der Waals surface area contributed by atoms with Gasteiger partial charge in [-0.3, -0.25) is 0 Å². The van der Waals surface area contributed by atoms with E-state index < -0.39 is 0 Å². The lowest BCUT2D eigenvalue weighted by Gasteiger charge is -2.28. The summed E-state index contributed by atoms with van der Waals surface area (Å²) < 4.78 is 2.37. The molecule has 1 aliphatic rings. The highest BCUT2D eigenvalue weighted by atomic mass is 15.1. The first-order valence-corrected chi connectivity index (χ1v) is 21.9. The normalized spacial score (nSPS) is 12.7. The van der Waals surface area contributed by atoms with E-state index in [9.17, 15) is 0 Å². The second-order valence-electron chi connectivity index (χ2n) is 17.3. The van der Waals surface area contributed by atoms with Gasteiger partial charge in [0, 0.05) is 38.9 Å². The Morgan fingerprint density at radius 2 is 0.825 bits per heavy atom. The molecular weight excluding hydrogens is 761 g/mol. The second-order valence-corrected chi connectivity index (χ2v) is 17.3. The van der Waals surface area contributed by atoms with Gasteiger partial charge in [-0.05, 0) is 127 Å². The Bertz CT molecular complexity index is 3440. The monoisotopic (exact) mass is 804 g/mol. The molecule has 1 aliphatic carbocycles. The largest absolute Gasteiger partial charge is 0.310 e. The smallest absolute Gasteiger partial charge is 0.0541 e. The molecule has 2 nitrogen and oxygen atoms in total. The number of rotatable bonds is 7. The fraction of sp³-hybridized carbons (Fsp3) is 0.0492. The first-order valence-electron chi connectivity index (χ1n) is 21.9. The summed E-state index contributed by atoms with van der Waals surface area (Å²) in [5.41, 5.74) is 19.5. The number of nitrogens with zero attached hydrogens (tertiary/aromatic N) is 2. The van der Waals surface area contributed by atoms with Gasteiger partial charge in [-0.1, -0.05) is 184 Å². The molecule has 0 spiro atoms. The molecule has 0 amide bonds. The maximum Gasteiger partial charge on any atom is 0.0541 e. The van der Waals surface area contributed by atoms with E-state index in [4.69, 9.17) is 0 Å². The second kappa shape index (κ2) is 14.6. The van der Waals surface area contributed by atoms with Crippen molar-refractivity contribution in [2.24, 2.45) is 0 Å². The average Bonchev–Trinajstić information content (AvgIpc) is 3.80. The van der Waals surface area contributed by atoms with Crippen molar-refractivity contribution < 1.29 is 0 Å². The van der Waals surface area contributed by atoms with Crippen molar-refractivity contribution in [3.8, 4) is 50.2 Å². The van der Waals surface area contributed by atoms with Gasteiger partial charge in [0.2, 0.25) is 0 Å². The maximum atomic E-state index is 2.42. The predicted octanol–water partition coefficient (Wildman–Crippen LogP) is 16.7. The van der Waals surface area contributed by atoms with Crippen LogP contribution in [0.25, 0.3) is 82.8 Å². The molecule has 10 aromatic carbocycles. The van der Waals surface area contributed by atoms with Crippen LogP contribution in [0.5, 0.6) is 0 Å². The van der Waals surface area contributed by atoms with Gasteiger partial charge in [-0.15, -0.1) is 0 Å². The van der Waals surface area contributed by atoms with Crippen molar-refractivity contribution in [2.45, 2.75) is 19.3 Å². The molecule has 12 rings (SSSR count). The summed E-state index contributed by atoms with van der Waals surface area (Å²) in [5.74, 6) is 0. The summed E-state index contributed by atoms with van der Waals surface area (Å²) in [5, 5.41) is 5.06. The number of para-hydroxylation sites is 2. The lowest BCUT2D eigenvalue weighted by atomic mass is 9.82. The highest BCUT2D eigenvalue weighted by Gasteiger charge is 2.35. The summed E-state index contributed by atoms with van der Waals surface area (Å²) in [6.07, 6.45) is 0. The molecular formula is C61H44N2. The van der Waals surface area contributed by atoms with Crippen molar-refractivity contribution in [1.82, 2.24) is 4.57 Å². The van der Waals surface area contributed by atoms with Gasteiger partial charge in [0.15, 0.2) is 0 Å². The third-order valence-electron chi connectivity index (χ3n) is 13.4. The molecule has 0 saturated heterocycles. The Hall–Kier alpha value is -7.94. The SMILES string of the molecule is CC1(C)c2ccccc2-c2ccc(N(c3ccc(-c4ccc(-n5c6ccccc6c6ccccc65)cc4)cc3)c3ccc(-c4cccc5cccc(-c6ccccc6)c45)cc3)cc21. The molecule has 1 heterocycles. The van der Waals surface area contributed by atoms with E-state index in [0.29, 0.717) is 0 Å². The number of hydrogen-bond acceptors (Lipinski definition) is 1. The predicted molar refractivity (Wildman–Crippen MR) is 267 cm³/mol. The number of fused-ring (bicyclic) bond motifs is 7. The molecule has 0 atom stereocenters. The number of hydrogen-bond donors (Lipinski definition) is 0. The molecule has 11 aromatic rings. The minimum atomic E-state index is -0.114. The summed E-state index contributed by atoms with van der Waals surface area (Å²) in [6.45, 7) is 4.71. The molecule has 0 N–H and O–H groups in total. The van der Waals surface area contributed by atoms with Crippen molar-refractivity contribution in [3.63, 3.8) is 0 Å². The highest BCUT2D eigenvalue weighted by Crippen LogP contribution is 2.51. The fourth-order valence-corrected chi connectivity index (χ4v) is 10.3. The van der Waals surface area contributed by atoms with Crippen LogP contribution in [0.3, 0.4) is 0 Å². The number of aromatic nitrogens is 1. The molecule has 2 heteroatoms. The van der Waals surface area contributed by atoms with Crippen LogP contribution in [0, 0.1) is 0 Å². The van der Waals surface area contributed by atoms with Crippen LogP contribution >= 0.6 is 0 Å². The quantitative estimate of drug-likeness (QED) is 0.156. The van der Waals surface area contributed by atoms with E-state index in [0.717, 1.165) is 22.7 Å². The summed E-state index contributed by atoms with van der Waals surface area (Å²) in [6, 6.07) is 84.5. The van der Waals surface area contributed by atoms with Crippen LogP contribution in [-0.4, -0.2) is 4.57 Å². The Labute approximate surface area is 368 Å². The lowest BCUT2D eigenvalue weighted by Crippen LogP contribution is -2.16. The van der Waals surface area contributed by atoms with Crippen LogP contribution in [0.4, 0.5) is 17.1 Å². The van der Waals surface area contributed by atoms with Crippen molar-refractivity contribution >= 4 is 49.6 Å². The fourth-order valence-electron chi connectivity index (χ4n) is 10.3. The molecule has 0 bridgehead atoms. The van der Waals surface area contributed by atoms with Crippen molar-refractivity contribution in [1.29, 1.82) is 0 Å². The van der Waals surface area contributed by atoms with Gasteiger partial charge in [-0.25, -0.2) is 0 Å². The Morgan fingerprint density at radius 1 is 0.349 bits per heavy atom. The van der Waals surface area contributed by atoms with Crippen LogP contribution in [-0.2, 0) is 5.41 Å². The first kappa shape index (κ1) is 36.9. The van der Waals surface area contributed by atoms with Gasteiger partial charge in [0.25, 0.3) is 0 Å². The molecule has 1 aromatic heterocycles. The Kier molecular flexibility index (Phi) is 8.55. The first-order chi connectivity index (χ1) is 31.0. The third kappa shape index (κ3) is 6.02. The van der Waals surface area contributed by atoms with Gasteiger partial charge >= 0.3 is 0 Å². The van der Waals surface area contributed by atoms with Gasteiger partial charge in [0.05, 0.1) is 11.0 Å². The lowest BCUT2D eigenvalue weighted by molar-refractivity contribution is 0.660. The molecule has 0 saturated carbocycles. The molecule has 63 heavy (non-hydrogen) atoms. The van der Waals surface area contributed by atoms with Crippen molar-refractivity contribution in [2.75, 3.05) is 4.90 Å². The summed E-state index contributed by atoms with van der Waals surface area (Å²) >= 11 is 0. The van der Waals surface area contributed by atoms with E-state index in [1.807, 2.05) is 0 Å². The highest BCUT2D eigenvalue weighted by molar-refractivity contribution is 6.09. The maximum absolute atomic E-state index is 2.42. The average molecular weight is 805 g/mol. The minimum absolute atomic E-state index is 0.114. The van der Waals surface area contributed by atoms with Crippen LogP contribution in [0.1, 0.15) is 25.0 Å². The topological polar surface area (TPSA) is 8.17 Å². The Morgan fingerprint density at radius 3 is 1.46 bits per heavy atom. The van der Waals surface area contributed by atoms with Gasteiger partial charge < -0.3 is 9.47 Å². The van der Waals surface area contributed by atoms with Gasteiger partial charge in [-0.2, -0.15) is 0 Å². The zero-order valence-electron chi connectivity index (χ0n) is 35.3. The third-order valence-corrected chi connectivity index (χ3v) is 13.4. The van der Waals surface area contributed by atoms with E-state index in [1.54, 1.807) is 0 Å². The zero-order chi connectivity index (χ0) is 42.1. The zero-order valence-corrected chi connectivity index (χ0v) is 35.3. The van der Waals surface area contributed by atoms with E-state index in [-0.39, 0.29) is 5.41 Å². The van der Waals surface area contributed by atoms with Gasteiger partial charge in [0.1, 0.15) is 0 Å². The molecule has 0 unspecified atom stereocenters. The number of benzene rings is 10. The van der Waals surface area contributed by atoms with Crippen molar-refractivity contribution in [3.05, 3.63) is 242 Å². The van der Waals surface area contributed by atoms with Crippen LogP contribution in [0.2, 0.25) is 0 Å². The summed E-state index contributed by atoms with van der Waals surface area (Å²) in [4.78, 5) is 2.41. The standard InChI is InChI=1S/C61H44N2/c1-61(2)56-23-9-6-18-52(56)53-39-38-49(40-57(53)61)62(47-36-30-44(31-37-47)51-22-13-17-45-16-12-21-50(60(45)51)43-14-4-3-5-15-43)46-32-26-41(27-33-46)42-28-34-48(35-29-42)63-58-24-10-7-19-54(58)55-20-8-11-25-59(55)63/h3-40H,1-2H3. The molecule has 0 aliphatic heterocycles. The van der Waals surface area contributed by atoms with Crippen LogP contribution < -0.4 is 4.90 Å². The van der Waals surface area contributed by atoms with E-state index >= 15 is 0 Å². The Balaban J connectivity index is 0.936. The van der Waals surface area contributed by atoms with E-state index in [1.165, 1.54) is 88.2 Å². The molecule has 0 radical (unpaired) electrons. The minimum Gasteiger partial charge on any atom is -0.310 e. The number of anilines is 3. The van der Waals surface area contributed by atoms with E-state index in [2.05, 4.69) is 254 Å². The molecule has 0 fully saturated rings. The summed E-state index contributed by atoms with van der Waals surface area (Å²) in [7, 11) is 0. The van der Waals surface area contributed by atoms with Crippen LogP contribution in [0.15, 0.2) is 231 Å². The molecule has 298 valence electrons.